The normalized spacial score (nSPS) is 12.5. The second kappa shape index (κ2) is 9.00. The molecule has 0 rings (SSSR count). The van der Waals surface area contributed by atoms with Gasteiger partial charge in [-0.05, 0) is 12.8 Å². The van der Waals surface area contributed by atoms with Crippen molar-refractivity contribution in [2.75, 3.05) is 19.8 Å². The molecule has 0 radical (unpaired) electrons. The average molecular weight is 202 g/mol. The molecule has 0 aromatic rings. The van der Waals surface area contributed by atoms with Crippen LogP contribution in [0, 0.1) is 5.92 Å². The minimum absolute atomic E-state index is 0.0872. The van der Waals surface area contributed by atoms with Gasteiger partial charge in [-0.25, -0.2) is 0 Å². The Morgan fingerprint density at radius 1 is 1.29 bits per heavy atom. The zero-order valence-electron chi connectivity index (χ0n) is 9.54. The molecule has 0 aliphatic carbocycles. The van der Waals surface area contributed by atoms with Gasteiger partial charge < -0.3 is 9.47 Å². The summed E-state index contributed by atoms with van der Waals surface area (Å²) in [6, 6.07) is 0. The minimum atomic E-state index is -0.0872. The Labute approximate surface area is 86.8 Å². The molecule has 3 nitrogen and oxygen atoms in total. The Balaban J connectivity index is 3.27. The van der Waals surface area contributed by atoms with Crippen molar-refractivity contribution in [1.82, 2.24) is 0 Å². The maximum absolute atomic E-state index is 11.2. The van der Waals surface area contributed by atoms with Gasteiger partial charge in [0.05, 0.1) is 6.61 Å². The summed E-state index contributed by atoms with van der Waals surface area (Å²) in [5, 5.41) is 0. The van der Waals surface area contributed by atoms with Gasteiger partial charge in [-0.1, -0.05) is 20.3 Å². The second-order valence-electron chi connectivity index (χ2n) is 3.49. The van der Waals surface area contributed by atoms with E-state index in [1.807, 2.05) is 6.92 Å². The molecule has 0 aromatic carbocycles. The first kappa shape index (κ1) is 13.4. The number of ether oxygens (including phenoxy) is 2. The summed E-state index contributed by atoms with van der Waals surface area (Å²) in [5.74, 6) is 0.338. The van der Waals surface area contributed by atoms with Crippen LogP contribution in [0.25, 0.3) is 0 Å². The molecular formula is C11H22O3. The van der Waals surface area contributed by atoms with E-state index in [0.717, 1.165) is 19.4 Å². The van der Waals surface area contributed by atoms with Crippen LogP contribution >= 0.6 is 0 Å². The van der Waals surface area contributed by atoms with Crippen LogP contribution in [0.1, 0.15) is 40.0 Å². The molecule has 0 bridgehead atoms. The molecule has 1 unspecified atom stereocenters. The van der Waals surface area contributed by atoms with Gasteiger partial charge in [-0.3, -0.25) is 4.79 Å². The first-order valence-corrected chi connectivity index (χ1v) is 5.44. The second-order valence-corrected chi connectivity index (χ2v) is 3.49. The van der Waals surface area contributed by atoms with Crippen LogP contribution in [-0.2, 0) is 14.3 Å². The molecular weight excluding hydrogens is 180 g/mol. The summed E-state index contributed by atoms with van der Waals surface area (Å²) in [6.45, 7) is 7.96. The van der Waals surface area contributed by atoms with E-state index in [9.17, 15) is 4.79 Å². The fourth-order valence-corrected chi connectivity index (χ4v) is 0.979. The summed E-state index contributed by atoms with van der Waals surface area (Å²) in [4.78, 5) is 11.2. The van der Waals surface area contributed by atoms with E-state index in [-0.39, 0.29) is 5.97 Å². The maximum atomic E-state index is 11.2. The molecule has 0 saturated carbocycles. The highest BCUT2D eigenvalue weighted by Gasteiger charge is 2.07. The lowest BCUT2D eigenvalue weighted by atomic mass is 10.1. The molecule has 0 amide bonds. The molecule has 0 saturated heterocycles. The fraction of sp³-hybridized carbons (Fsp3) is 0.909. The van der Waals surface area contributed by atoms with Gasteiger partial charge in [0.2, 0.25) is 0 Å². The molecule has 0 heterocycles. The topological polar surface area (TPSA) is 35.5 Å². The predicted molar refractivity (Wildman–Crippen MR) is 56.1 cm³/mol. The van der Waals surface area contributed by atoms with Gasteiger partial charge in [0, 0.05) is 26.1 Å². The van der Waals surface area contributed by atoms with Crippen molar-refractivity contribution in [3.05, 3.63) is 0 Å². The summed E-state index contributed by atoms with van der Waals surface area (Å²) >= 11 is 0. The highest BCUT2D eigenvalue weighted by atomic mass is 16.5. The first-order chi connectivity index (χ1) is 6.70. The summed E-state index contributed by atoms with van der Waals surface area (Å²) in [6.07, 6.45) is 2.35. The fourth-order valence-electron chi connectivity index (χ4n) is 0.979. The van der Waals surface area contributed by atoms with Crippen LogP contribution in [0.4, 0.5) is 0 Å². The SMILES string of the molecule is CCOCCCOC(=O)CC(C)CC. The van der Waals surface area contributed by atoms with Crippen LogP contribution < -0.4 is 0 Å². The third kappa shape index (κ3) is 8.05. The zero-order valence-corrected chi connectivity index (χ0v) is 9.54. The molecule has 0 spiro atoms. The Morgan fingerprint density at radius 2 is 2.00 bits per heavy atom. The zero-order chi connectivity index (χ0) is 10.8. The molecule has 0 N–H and O–H groups in total. The molecule has 3 heteroatoms. The Kier molecular flexibility index (Phi) is 8.64. The Hall–Kier alpha value is -0.570. The number of rotatable bonds is 8. The van der Waals surface area contributed by atoms with E-state index in [0.29, 0.717) is 25.6 Å². The molecule has 14 heavy (non-hydrogen) atoms. The molecule has 84 valence electrons. The van der Waals surface area contributed by atoms with Crippen LogP contribution in [0.15, 0.2) is 0 Å². The van der Waals surface area contributed by atoms with Crippen LogP contribution in [0.5, 0.6) is 0 Å². The molecule has 0 fully saturated rings. The van der Waals surface area contributed by atoms with Crippen molar-refractivity contribution in [1.29, 1.82) is 0 Å². The molecule has 0 aliphatic rings. The van der Waals surface area contributed by atoms with Gasteiger partial charge in [-0.2, -0.15) is 0 Å². The van der Waals surface area contributed by atoms with Gasteiger partial charge in [0.25, 0.3) is 0 Å². The van der Waals surface area contributed by atoms with Gasteiger partial charge in [0.15, 0.2) is 0 Å². The lowest BCUT2D eigenvalue weighted by Crippen LogP contribution is -2.11. The summed E-state index contributed by atoms with van der Waals surface area (Å²) in [7, 11) is 0. The lowest BCUT2D eigenvalue weighted by Gasteiger charge is -2.08. The number of hydrogen-bond donors (Lipinski definition) is 0. The number of carbonyl (C=O) groups is 1. The first-order valence-electron chi connectivity index (χ1n) is 5.44. The summed E-state index contributed by atoms with van der Waals surface area (Å²) in [5.41, 5.74) is 0. The van der Waals surface area contributed by atoms with E-state index in [1.54, 1.807) is 0 Å². The van der Waals surface area contributed by atoms with Crippen LogP contribution in [-0.4, -0.2) is 25.8 Å². The van der Waals surface area contributed by atoms with Crippen LogP contribution in [0.3, 0.4) is 0 Å². The van der Waals surface area contributed by atoms with E-state index in [1.165, 1.54) is 0 Å². The van der Waals surface area contributed by atoms with Crippen molar-refractivity contribution in [2.45, 2.75) is 40.0 Å². The van der Waals surface area contributed by atoms with Gasteiger partial charge in [-0.15, -0.1) is 0 Å². The highest BCUT2D eigenvalue weighted by molar-refractivity contribution is 5.69. The molecule has 0 aliphatic heterocycles. The summed E-state index contributed by atoms with van der Waals surface area (Å²) < 4.78 is 10.2. The van der Waals surface area contributed by atoms with E-state index in [2.05, 4.69) is 13.8 Å². The van der Waals surface area contributed by atoms with Gasteiger partial charge in [0.1, 0.15) is 0 Å². The van der Waals surface area contributed by atoms with Crippen molar-refractivity contribution >= 4 is 5.97 Å². The van der Waals surface area contributed by atoms with E-state index in [4.69, 9.17) is 9.47 Å². The highest BCUT2D eigenvalue weighted by Crippen LogP contribution is 2.07. The van der Waals surface area contributed by atoms with Crippen molar-refractivity contribution in [2.24, 2.45) is 5.92 Å². The van der Waals surface area contributed by atoms with E-state index >= 15 is 0 Å². The maximum Gasteiger partial charge on any atom is 0.306 e. The molecule has 0 aromatic heterocycles. The monoisotopic (exact) mass is 202 g/mol. The van der Waals surface area contributed by atoms with E-state index < -0.39 is 0 Å². The number of carbonyl (C=O) groups excluding carboxylic acids is 1. The smallest absolute Gasteiger partial charge is 0.306 e. The largest absolute Gasteiger partial charge is 0.466 e. The standard InChI is InChI=1S/C11H22O3/c1-4-10(3)9-11(12)14-8-6-7-13-5-2/h10H,4-9H2,1-3H3. The Morgan fingerprint density at radius 3 is 2.57 bits per heavy atom. The lowest BCUT2D eigenvalue weighted by molar-refractivity contribution is -0.145. The van der Waals surface area contributed by atoms with Crippen molar-refractivity contribution in [3.63, 3.8) is 0 Å². The number of hydrogen-bond acceptors (Lipinski definition) is 3. The predicted octanol–water partition coefficient (Wildman–Crippen LogP) is 2.39. The third-order valence-corrected chi connectivity index (χ3v) is 2.11. The minimum Gasteiger partial charge on any atom is -0.466 e. The number of esters is 1. The van der Waals surface area contributed by atoms with Crippen molar-refractivity contribution < 1.29 is 14.3 Å². The average Bonchev–Trinajstić information content (AvgIpc) is 2.17. The Bertz CT molecular complexity index is 145. The third-order valence-electron chi connectivity index (χ3n) is 2.11. The van der Waals surface area contributed by atoms with Crippen molar-refractivity contribution in [3.8, 4) is 0 Å². The van der Waals surface area contributed by atoms with Gasteiger partial charge >= 0.3 is 5.97 Å². The van der Waals surface area contributed by atoms with Crippen LogP contribution in [0.2, 0.25) is 0 Å². The molecule has 1 atom stereocenters. The quantitative estimate of drug-likeness (QED) is 0.448.